The van der Waals surface area contributed by atoms with E-state index in [2.05, 4.69) is 10.5 Å². The molecular weight excluding hydrogens is 220 g/mol. The summed E-state index contributed by atoms with van der Waals surface area (Å²) in [5, 5.41) is 6.65. The highest BCUT2D eigenvalue weighted by Crippen LogP contribution is 2.48. The van der Waals surface area contributed by atoms with E-state index in [1.54, 1.807) is 31.5 Å². The van der Waals surface area contributed by atoms with Gasteiger partial charge in [0.2, 0.25) is 11.7 Å². The predicted octanol–water partition coefficient (Wildman–Crippen LogP) is 1.71. The van der Waals surface area contributed by atoms with Gasteiger partial charge < -0.3 is 14.3 Å². The second-order valence-corrected chi connectivity index (χ2v) is 4.21. The lowest BCUT2D eigenvalue weighted by molar-refractivity contribution is -0.123. The van der Waals surface area contributed by atoms with E-state index in [1.165, 1.54) is 0 Å². The minimum atomic E-state index is -0.483. The smallest absolute Gasteiger partial charge is 0.232 e. The fourth-order valence-corrected chi connectivity index (χ4v) is 2.00. The van der Waals surface area contributed by atoms with Crippen LogP contribution in [0.3, 0.4) is 0 Å². The van der Waals surface area contributed by atoms with Gasteiger partial charge in [0.1, 0.15) is 0 Å². The molecule has 17 heavy (non-hydrogen) atoms. The molecule has 3 rings (SSSR count). The van der Waals surface area contributed by atoms with Crippen molar-refractivity contribution >= 4 is 5.91 Å². The highest BCUT2D eigenvalue weighted by Gasteiger charge is 2.53. The first-order valence-corrected chi connectivity index (χ1v) is 5.49. The summed E-state index contributed by atoms with van der Waals surface area (Å²) < 4.78 is 10.4. The maximum atomic E-state index is 11.8. The molecule has 0 spiro atoms. The molecule has 1 aliphatic rings. The molecule has 0 radical (unpaired) electrons. The third-order valence-corrected chi connectivity index (χ3v) is 3.18. The van der Waals surface area contributed by atoms with Crippen LogP contribution < -0.4 is 5.32 Å². The molecule has 88 valence electrons. The van der Waals surface area contributed by atoms with E-state index < -0.39 is 5.41 Å². The molecule has 0 saturated heterocycles. The van der Waals surface area contributed by atoms with Gasteiger partial charge in [-0.25, -0.2) is 0 Å². The lowest BCUT2D eigenvalue weighted by Gasteiger charge is -2.08. The fraction of sp³-hybridized carbons (Fsp3) is 0.333. The molecule has 1 saturated carbocycles. The highest BCUT2D eigenvalue weighted by molar-refractivity contribution is 5.90. The molecule has 0 aliphatic heterocycles. The Morgan fingerprint density at radius 3 is 2.88 bits per heavy atom. The van der Waals surface area contributed by atoms with Crippen LogP contribution in [0.5, 0.6) is 0 Å². The molecule has 1 fully saturated rings. The molecular formula is C12H12N2O3. The first-order valence-electron chi connectivity index (χ1n) is 5.49. The summed E-state index contributed by atoms with van der Waals surface area (Å²) >= 11 is 0. The van der Waals surface area contributed by atoms with Crippen molar-refractivity contribution in [1.82, 2.24) is 10.5 Å². The summed E-state index contributed by atoms with van der Waals surface area (Å²) in [5.74, 6) is 1.17. The third kappa shape index (κ3) is 1.46. The Labute approximate surface area is 97.8 Å². The van der Waals surface area contributed by atoms with Crippen LogP contribution in [0, 0.1) is 0 Å². The molecule has 2 heterocycles. The SMILES string of the molecule is CNC(=O)C1(c2cc(-c3ccco3)on2)CC1. The Hall–Kier alpha value is -2.04. The van der Waals surface area contributed by atoms with Crippen molar-refractivity contribution in [2.24, 2.45) is 0 Å². The molecule has 0 unspecified atom stereocenters. The van der Waals surface area contributed by atoms with Gasteiger partial charge in [-0.2, -0.15) is 0 Å². The van der Waals surface area contributed by atoms with E-state index in [0.29, 0.717) is 17.2 Å². The van der Waals surface area contributed by atoms with Gasteiger partial charge in [-0.3, -0.25) is 4.79 Å². The summed E-state index contributed by atoms with van der Waals surface area (Å²) in [6.45, 7) is 0. The number of amides is 1. The number of furan rings is 1. The number of rotatable bonds is 3. The van der Waals surface area contributed by atoms with Crippen molar-refractivity contribution in [3.8, 4) is 11.5 Å². The normalized spacial score (nSPS) is 16.8. The van der Waals surface area contributed by atoms with Gasteiger partial charge in [-0.1, -0.05) is 5.16 Å². The van der Waals surface area contributed by atoms with Crippen LogP contribution in [0.15, 0.2) is 33.4 Å². The molecule has 1 amide bonds. The van der Waals surface area contributed by atoms with Gasteiger partial charge >= 0.3 is 0 Å². The van der Waals surface area contributed by atoms with Crippen LogP contribution in [0.1, 0.15) is 18.5 Å². The Morgan fingerprint density at radius 1 is 1.47 bits per heavy atom. The van der Waals surface area contributed by atoms with Gasteiger partial charge in [0.15, 0.2) is 5.76 Å². The standard InChI is InChI=1S/C12H12N2O3/c1-13-11(15)12(4-5-12)10-7-9(17-14-10)8-3-2-6-16-8/h2-3,6-7H,4-5H2,1H3,(H,13,15). The second-order valence-electron chi connectivity index (χ2n) is 4.21. The minimum absolute atomic E-state index is 0.00297. The molecule has 1 aliphatic carbocycles. The van der Waals surface area contributed by atoms with Crippen molar-refractivity contribution in [2.45, 2.75) is 18.3 Å². The maximum Gasteiger partial charge on any atom is 0.232 e. The first kappa shape index (κ1) is 10.1. The lowest BCUT2D eigenvalue weighted by Crippen LogP contribution is -2.32. The predicted molar refractivity (Wildman–Crippen MR) is 59.2 cm³/mol. The summed E-state index contributed by atoms with van der Waals surface area (Å²) in [6, 6.07) is 5.36. The van der Waals surface area contributed by atoms with Gasteiger partial charge in [-0.15, -0.1) is 0 Å². The summed E-state index contributed by atoms with van der Waals surface area (Å²) in [5.41, 5.74) is 0.201. The quantitative estimate of drug-likeness (QED) is 0.874. The van der Waals surface area contributed by atoms with E-state index in [1.807, 2.05) is 0 Å². The van der Waals surface area contributed by atoms with E-state index in [-0.39, 0.29) is 5.91 Å². The van der Waals surface area contributed by atoms with Crippen LogP contribution in [-0.4, -0.2) is 18.1 Å². The number of nitrogens with one attached hydrogen (secondary N) is 1. The highest BCUT2D eigenvalue weighted by atomic mass is 16.5. The van der Waals surface area contributed by atoms with Crippen LogP contribution in [-0.2, 0) is 10.2 Å². The van der Waals surface area contributed by atoms with E-state index in [0.717, 1.165) is 12.8 Å². The van der Waals surface area contributed by atoms with Gasteiger partial charge in [0.25, 0.3) is 0 Å². The number of nitrogens with zero attached hydrogens (tertiary/aromatic N) is 1. The van der Waals surface area contributed by atoms with Crippen LogP contribution in [0.2, 0.25) is 0 Å². The Kier molecular flexibility index (Phi) is 2.07. The van der Waals surface area contributed by atoms with Gasteiger partial charge in [0, 0.05) is 13.1 Å². The van der Waals surface area contributed by atoms with E-state index in [9.17, 15) is 4.79 Å². The number of aromatic nitrogens is 1. The van der Waals surface area contributed by atoms with Crippen LogP contribution in [0.4, 0.5) is 0 Å². The second kappa shape index (κ2) is 3.48. The van der Waals surface area contributed by atoms with Crippen molar-refractivity contribution in [3.63, 3.8) is 0 Å². The van der Waals surface area contributed by atoms with Crippen molar-refractivity contribution in [2.75, 3.05) is 7.05 Å². The van der Waals surface area contributed by atoms with Gasteiger partial charge in [-0.05, 0) is 25.0 Å². The number of carbonyl (C=O) groups is 1. The third-order valence-electron chi connectivity index (χ3n) is 3.18. The summed E-state index contributed by atoms with van der Waals surface area (Å²) in [7, 11) is 1.63. The Morgan fingerprint density at radius 2 is 2.29 bits per heavy atom. The lowest BCUT2D eigenvalue weighted by atomic mass is 10.0. The average molecular weight is 232 g/mol. The molecule has 5 heteroatoms. The molecule has 0 bridgehead atoms. The minimum Gasteiger partial charge on any atom is -0.461 e. The van der Waals surface area contributed by atoms with Crippen LogP contribution in [0.25, 0.3) is 11.5 Å². The fourth-order valence-electron chi connectivity index (χ4n) is 2.00. The summed E-state index contributed by atoms with van der Waals surface area (Å²) in [6.07, 6.45) is 3.21. The molecule has 5 nitrogen and oxygen atoms in total. The monoisotopic (exact) mass is 232 g/mol. The van der Waals surface area contributed by atoms with Gasteiger partial charge in [0.05, 0.1) is 17.4 Å². The average Bonchev–Trinajstić information content (AvgIpc) is 2.84. The summed E-state index contributed by atoms with van der Waals surface area (Å²) in [4.78, 5) is 11.8. The molecule has 2 aromatic heterocycles. The van der Waals surface area contributed by atoms with Crippen molar-refractivity contribution in [3.05, 3.63) is 30.2 Å². The zero-order valence-electron chi connectivity index (χ0n) is 9.40. The number of hydrogen-bond acceptors (Lipinski definition) is 4. The van der Waals surface area contributed by atoms with Crippen LogP contribution >= 0.6 is 0 Å². The molecule has 1 N–H and O–H groups in total. The first-order chi connectivity index (χ1) is 8.26. The maximum absolute atomic E-state index is 11.8. The zero-order valence-corrected chi connectivity index (χ0v) is 9.40. The number of carbonyl (C=O) groups excluding carboxylic acids is 1. The Bertz CT molecular complexity index is 538. The molecule has 0 aromatic carbocycles. The van der Waals surface area contributed by atoms with Crippen molar-refractivity contribution in [1.29, 1.82) is 0 Å². The molecule has 0 atom stereocenters. The van der Waals surface area contributed by atoms with E-state index >= 15 is 0 Å². The largest absolute Gasteiger partial charge is 0.461 e. The topological polar surface area (TPSA) is 68.3 Å². The number of likely N-dealkylation sites (N-methyl/N-ethyl adjacent to an activating group) is 1. The Balaban J connectivity index is 1.94. The number of hydrogen-bond donors (Lipinski definition) is 1. The zero-order chi connectivity index (χ0) is 11.9. The molecule has 2 aromatic rings. The van der Waals surface area contributed by atoms with Crippen molar-refractivity contribution < 1.29 is 13.7 Å². The van der Waals surface area contributed by atoms with E-state index in [4.69, 9.17) is 8.94 Å².